The van der Waals surface area contributed by atoms with E-state index in [4.69, 9.17) is 9.47 Å². The van der Waals surface area contributed by atoms with Gasteiger partial charge in [0.15, 0.2) is 0 Å². The Kier molecular flexibility index (Phi) is 2.96. The highest BCUT2D eigenvalue weighted by Gasteiger charge is 2.31. The van der Waals surface area contributed by atoms with Gasteiger partial charge >= 0.3 is 5.97 Å². The molecule has 2 heterocycles. The van der Waals surface area contributed by atoms with Crippen molar-refractivity contribution in [3.05, 3.63) is 18.0 Å². The van der Waals surface area contributed by atoms with Crippen molar-refractivity contribution in [1.82, 2.24) is 9.78 Å². The molecule has 88 valence electrons. The normalized spacial score (nSPS) is 24.6. The predicted octanol–water partition coefficient (Wildman–Crippen LogP) is 1.15. The fourth-order valence-corrected chi connectivity index (χ4v) is 1.78. The van der Waals surface area contributed by atoms with E-state index in [1.807, 2.05) is 6.92 Å². The van der Waals surface area contributed by atoms with Crippen LogP contribution in [0.4, 0.5) is 0 Å². The van der Waals surface area contributed by atoms with Crippen LogP contribution < -0.4 is 0 Å². The van der Waals surface area contributed by atoms with Crippen molar-refractivity contribution in [2.75, 3.05) is 13.2 Å². The van der Waals surface area contributed by atoms with Crippen LogP contribution in [0.25, 0.3) is 0 Å². The second kappa shape index (κ2) is 4.25. The number of rotatable bonds is 3. The SMILES string of the molecule is Cn1cc(C(=O)OCC2(C)CCCO2)cn1. The maximum absolute atomic E-state index is 11.6. The van der Waals surface area contributed by atoms with Crippen LogP contribution in [0, 0.1) is 0 Å². The summed E-state index contributed by atoms with van der Waals surface area (Å²) in [7, 11) is 1.76. The van der Waals surface area contributed by atoms with E-state index in [1.54, 1.807) is 17.9 Å². The minimum atomic E-state index is -0.343. The number of carbonyl (C=O) groups is 1. The first-order chi connectivity index (χ1) is 7.59. The Morgan fingerprint density at radius 1 is 1.75 bits per heavy atom. The van der Waals surface area contributed by atoms with Gasteiger partial charge in [-0.2, -0.15) is 5.10 Å². The average Bonchev–Trinajstić information content (AvgIpc) is 2.85. The van der Waals surface area contributed by atoms with Crippen molar-refractivity contribution in [2.24, 2.45) is 7.05 Å². The fraction of sp³-hybridized carbons (Fsp3) is 0.636. The highest BCUT2D eigenvalue weighted by molar-refractivity contribution is 5.88. The molecule has 0 spiro atoms. The Labute approximate surface area is 94.3 Å². The number of hydrogen-bond donors (Lipinski definition) is 0. The van der Waals surface area contributed by atoms with Gasteiger partial charge < -0.3 is 9.47 Å². The van der Waals surface area contributed by atoms with E-state index in [1.165, 1.54) is 6.20 Å². The first kappa shape index (κ1) is 11.1. The van der Waals surface area contributed by atoms with Crippen molar-refractivity contribution >= 4 is 5.97 Å². The zero-order chi connectivity index (χ0) is 11.6. The minimum absolute atomic E-state index is 0.306. The van der Waals surface area contributed by atoms with Crippen LogP contribution in [-0.4, -0.2) is 34.6 Å². The number of esters is 1. The van der Waals surface area contributed by atoms with Crippen molar-refractivity contribution in [3.63, 3.8) is 0 Å². The third-order valence-corrected chi connectivity index (χ3v) is 2.75. The molecule has 0 saturated carbocycles. The van der Waals surface area contributed by atoms with E-state index in [9.17, 15) is 4.79 Å². The predicted molar refractivity (Wildman–Crippen MR) is 57.1 cm³/mol. The van der Waals surface area contributed by atoms with Gasteiger partial charge in [-0.3, -0.25) is 4.68 Å². The Balaban J connectivity index is 1.88. The van der Waals surface area contributed by atoms with E-state index in [-0.39, 0.29) is 11.6 Å². The lowest BCUT2D eigenvalue weighted by molar-refractivity contribution is -0.0378. The van der Waals surface area contributed by atoms with Crippen LogP contribution in [0.5, 0.6) is 0 Å². The summed E-state index contributed by atoms with van der Waals surface area (Å²) in [6, 6.07) is 0. The van der Waals surface area contributed by atoms with E-state index >= 15 is 0 Å². The summed E-state index contributed by atoms with van der Waals surface area (Å²) in [4.78, 5) is 11.6. The first-order valence-electron chi connectivity index (χ1n) is 5.39. The molecule has 0 bridgehead atoms. The monoisotopic (exact) mass is 224 g/mol. The molecular formula is C11H16N2O3. The largest absolute Gasteiger partial charge is 0.459 e. The number of aryl methyl sites for hydroxylation is 1. The molecule has 1 fully saturated rings. The van der Waals surface area contributed by atoms with Crippen molar-refractivity contribution in [2.45, 2.75) is 25.4 Å². The minimum Gasteiger partial charge on any atom is -0.459 e. The molecule has 1 aliphatic heterocycles. The van der Waals surface area contributed by atoms with Crippen LogP contribution in [0.15, 0.2) is 12.4 Å². The zero-order valence-electron chi connectivity index (χ0n) is 9.60. The standard InChI is InChI=1S/C11H16N2O3/c1-11(4-3-5-16-11)8-15-10(14)9-6-12-13(2)7-9/h6-7H,3-5,8H2,1-2H3. The van der Waals surface area contributed by atoms with Gasteiger partial charge in [0.2, 0.25) is 0 Å². The summed E-state index contributed by atoms with van der Waals surface area (Å²) >= 11 is 0. The highest BCUT2D eigenvalue weighted by Crippen LogP contribution is 2.25. The van der Waals surface area contributed by atoms with Gasteiger partial charge in [-0.25, -0.2) is 4.79 Å². The van der Waals surface area contributed by atoms with Crippen molar-refractivity contribution in [3.8, 4) is 0 Å². The molecule has 1 unspecified atom stereocenters. The Morgan fingerprint density at radius 2 is 2.56 bits per heavy atom. The van der Waals surface area contributed by atoms with E-state index < -0.39 is 0 Å². The lowest BCUT2D eigenvalue weighted by atomic mass is 10.0. The zero-order valence-corrected chi connectivity index (χ0v) is 9.60. The molecule has 1 aromatic heterocycles. The molecule has 1 aromatic rings. The quantitative estimate of drug-likeness (QED) is 0.723. The first-order valence-corrected chi connectivity index (χ1v) is 5.39. The Hall–Kier alpha value is -1.36. The third kappa shape index (κ3) is 2.41. The summed E-state index contributed by atoms with van der Waals surface area (Å²) in [5, 5.41) is 3.92. The average molecular weight is 224 g/mol. The number of carbonyl (C=O) groups excluding carboxylic acids is 1. The molecule has 0 amide bonds. The second-order valence-corrected chi connectivity index (χ2v) is 4.38. The molecule has 0 radical (unpaired) electrons. The summed E-state index contributed by atoms with van der Waals surface area (Å²) in [5.74, 6) is -0.343. The van der Waals surface area contributed by atoms with Gasteiger partial charge in [-0.15, -0.1) is 0 Å². The highest BCUT2D eigenvalue weighted by atomic mass is 16.6. The van der Waals surface area contributed by atoms with E-state index in [0.717, 1.165) is 19.4 Å². The third-order valence-electron chi connectivity index (χ3n) is 2.75. The molecule has 2 rings (SSSR count). The maximum atomic E-state index is 11.6. The topological polar surface area (TPSA) is 53.4 Å². The van der Waals surface area contributed by atoms with Gasteiger partial charge in [0.25, 0.3) is 0 Å². The molecule has 1 aliphatic rings. The van der Waals surface area contributed by atoms with Gasteiger partial charge in [0.1, 0.15) is 6.61 Å². The fourth-order valence-electron chi connectivity index (χ4n) is 1.78. The second-order valence-electron chi connectivity index (χ2n) is 4.38. The van der Waals surface area contributed by atoms with E-state index in [2.05, 4.69) is 5.10 Å². The Bertz CT molecular complexity index is 380. The van der Waals surface area contributed by atoms with Gasteiger partial charge in [0.05, 0.1) is 17.4 Å². The number of ether oxygens (including phenoxy) is 2. The van der Waals surface area contributed by atoms with Gasteiger partial charge in [-0.05, 0) is 19.8 Å². The van der Waals surface area contributed by atoms with Crippen LogP contribution in [0.3, 0.4) is 0 Å². The molecule has 1 saturated heterocycles. The molecule has 16 heavy (non-hydrogen) atoms. The number of aromatic nitrogens is 2. The molecule has 5 heteroatoms. The molecule has 0 aliphatic carbocycles. The van der Waals surface area contributed by atoms with Gasteiger partial charge in [0, 0.05) is 19.9 Å². The molecular weight excluding hydrogens is 208 g/mol. The molecule has 5 nitrogen and oxygen atoms in total. The summed E-state index contributed by atoms with van der Waals surface area (Å²) < 4.78 is 12.3. The lowest BCUT2D eigenvalue weighted by Gasteiger charge is -2.22. The summed E-state index contributed by atoms with van der Waals surface area (Å²) in [6.45, 7) is 3.03. The molecule has 0 aromatic carbocycles. The van der Waals surface area contributed by atoms with Crippen LogP contribution >= 0.6 is 0 Å². The summed E-state index contributed by atoms with van der Waals surface area (Å²) in [6.07, 6.45) is 5.11. The van der Waals surface area contributed by atoms with Crippen LogP contribution in [0.2, 0.25) is 0 Å². The van der Waals surface area contributed by atoms with Crippen molar-refractivity contribution in [1.29, 1.82) is 0 Å². The Morgan fingerprint density at radius 3 is 3.12 bits per heavy atom. The molecule has 0 N–H and O–H groups in total. The number of nitrogens with zero attached hydrogens (tertiary/aromatic N) is 2. The van der Waals surface area contributed by atoms with E-state index in [0.29, 0.717) is 12.2 Å². The smallest absolute Gasteiger partial charge is 0.341 e. The molecule has 1 atom stereocenters. The van der Waals surface area contributed by atoms with Crippen LogP contribution in [-0.2, 0) is 16.5 Å². The van der Waals surface area contributed by atoms with Gasteiger partial charge in [-0.1, -0.05) is 0 Å². The van der Waals surface area contributed by atoms with Crippen molar-refractivity contribution < 1.29 is 14.3 Å². The summed E-state index contributed by atoms with van der Waals surface area (Å²) in [5.41, 5.74) is 0.168. The lowest BCUT2D eigenvalue weighted by Crippen LogP contribution is -2.31. The van der Waals surface area contributed by atoms with Crippen LogP contribution in [0.1, 0.15) is 30.1 Å². The maximum Gasteiger partial charge on any atom is 0.341 e. The number of hydrogen-bond acceptors (Lipinski definition) is 4.